The molecule has 0 saturated carbocycles. The minimum Gasteiger partial charge on any atom is -0.320 e. The van der Waals surface area contributed by atoms with Crippen molar-refractivity contribution in [2.24, 2.45) is 0 Å². The summed E-state index contributed by atoms with van der Waals surface area (Å²) in [5.74, 6) is 0.551. The van der Waals surface area contributed by atoms with E-state index in [1.165, 1.54) is 0 Å². The van der Waals surface area contributed by atoms with Crippen LogP contribution in [-0.2, 0) is 0 Å². The van der Waals surface area contributed by atoms with Crippen LogP contribution < -0.4 is 0 Å². The van der Waals surface area contributed by atoms with E-state index in [9.17, 15) is 0 Å². The van der Waals surface area contributed by atoms with Gasteiger partial charge in [-0.25, -0.2) is 9.67 Å². The number of aromatic nitrogens is 5. The second-order valence-corrected chi connectivity index (χ2v) is 3.18. The lowest BCUT2D eigenvalue weighted by atomic mass is 10.3. The van der Waals surface area contributed by atoms with Crippen LogP contribution in [0.3, 0.4) is 0 Å². The fraction of sp³-hybridized carbons (Fsp3) is 0. The van der Waals surface area contributed by atoms with Crippen LogP contribution in [0.1, 0.15) is 5.56 Å². The van der Waals surface area contributed by atoms with Crippen molar-refractivity contribution in [3.05, 3.63) is 36.3 Å². The molecule has 3 aromatic rings. The predicted octanol–water partition coefficient (Wildman–Crippen LogP) is 1.02. The van der Waals surface area contributed by atoms with Crippen LogP contribution in [0, 0.1) is 11.3 Å². The molecule has 0 aliphatic heterocycles. The normalized spacial score (nSPS) is 10.4. The van der Waals surface area contributed by atoms with Crippen LogP contribution in [-0.4, -0.2) is 24.7 Å². The minimum atomic E-state index is 0.518. The fourth-order valence-electron chi connectivity index (χ4n) is 1.49. The quantitative estimate of drug-likeness (QED) is 0.649. The molecule has 3 heterocycles. The number of hydrogen-bond acceptors (Lipinski definition) is 4. The molecular weight excluding hydrogens is 204 g/mol. The van der Waals surface area contributed by atoms with Gasteiger partial charge in [-0.3, -0.25) is 0 Å². The van der Waals surface area contributed by atoms with Crippen LogP contribution in [0.5, 0.6) is 0 Å². The van der Waals surface area contributed by atoms with Crippen molar-refractivity contribution in [1.82, 2.24) is 24.7 Å². The van der Waals surface area contributed by atoms with Gasteiger partial charge in [-0.2, -0.15) is 15.3 Å². The fourth-order valence-corrected chi connectivity index (χ4v) is 1.49. The highest BCUT2D eigenvalue weighted by molar-refractivity contribution is 5.78. The largest absolute Gasteiger partial charge is 0.320 e. The molecule has 0 aliphatic carbocycles. The number of fused-ring (bicyclic) bond motifs is 1. The monoisotopic (exact) mass is 210 g/mol. The van der Waals surface area contributed by atoms with Crippen molar-refractivity contribution < 1.29 is 0 Å². The molecule has 0 amide bonds. The van der Waals surface area contributed by atoms with Crippen molar-refractivity contribution in [2.45, 2.75) is 0 Å². The molecule has 0 fully saturated rings. The van der Waals surface area contributed by atoms with Gasteiger partial charge in [0.2, 0.25) is 5.95 Å². The van der Waals surface area contributed by atoms with Gasteiger partial charge in [0, 0.05) is 18.6 Å². The summed E-state index contributed by atoms with van der Waals surface area (Å²) in [5, 5.41) is 13.0. The van der Waals surface area contributed by atoms with Crippen molar-refractivity contribution >= 4 is 11.2 Å². The Kier molecular flexibility index (Phi) is 1.71. The Labute approximate surface area is 90.2 Å². The van der Waals surface area contributed by atoms with E-state index >= 15 is 0 Å². The molecule has 16 heavy (non-hydrogen) atoms. The molecule has 3 rings (SSSR count). The maximum atomic E-state index is 8.93. The number of nitrogens with one attached hydrogen (secondary N) is 1. The Hall–Kier alpha value is -2.68. The van der Waals surface area contributed by atoms with E-state index in [1.54, 1.807) is 35.4 Å². The summed E-state index contributed by atoms with van der Waals surface area (Å²) in [5.41, 5.74) is 1.68. The molecular formula is C10H6N6. The number of H-pyrrole nitrogens is 1. The van der Waals surface area contributed by atoms with E-state index in [2.05, 4.69) is 26.1 Å². The lowest BCUT2D eigenvalue weighted by molar-refractivity contribution is 0.828. The van der Waals surface area contributed by atoms with Gasteiger partial charge in [0.1, 0.15) is 11.6 Å². The summed E-state index contributed by atoms with van der Waals surface area (Å²) in [6, 6.07) is 5.53. The van der Waals surface area contributed by atoms with Crippen LogP contribution in [0.2, 0.25) is 0 Å². The van der Waals surface area contributed by atoms with Crippen molar-refractivity contribution in [1.29, 1.82) is 5.26 Å². The first-order valence-electron chi connectivity index (χ1n) is 4.63. The Bertz CT molecular complexity index is 673. The summed E-state index contributed by atoms with van der Waals surface area (Å²) in [6.45, 7) is 0. The third-order valence-electron chi connectivity index (χ3n) is 2.22. The molecule has 0 atom stereocenters. The van der Waals surface area contributed by atoms with Gasteiger partial charge in [-0.15, -0.1) is 0 Å². The van der Waals surface area contributed by atoms with Crippen LogP contribution >= 0.6 is 0 Å². The number of rotatable bonds is 1. The van der Waals surface area contributed by atoms with Crippen LogP contribution in [0.15, 0.2) is 30.7 Å². The van der Waals surface area contributed by atoms with Gasteiger partial charge in [0.05, 0.1) is 5.56 Å². The van der Waals surface area contributed by atoms with E-state index in [0.29, 0.717) is 22.7 Å². The van der Waals surface area contributed by atoms with Crippen LogP contribution in [0.25, 0.3) is 17.1 Å². The highest BCUT2D eigenvalue weighted by Crippen LogP contribution is 2.14. The molecule has 76 valence electrons. The van der Waals surface area contributed by atoms with E-state index in [-0.39, 0.29) is 0 Å². The van der Waals surface area contributed by atoms with E-state index in [1.807, 2.05) is 0 Å². The molecule has 0 unspecified atom stereocenters. The highest BCUT2D eigenvalue weighted by atomic mass is 15.3. The lowest BCUT2D eigenvalue weighted by Gasteiger charge is -1.91. The van der Waals surface area contributed by atoms with Gasteiger partial charge in [-0.05, 0) is 12.1 Å². The minimum absolute atomic E-state index is 0.518. The number of nitrogens with zero attached hydrogens (tertiary/aromatic N) is 5. The summed E-state index contributed by atoms with van der Waals surface area (Å²) in [6.07, 6.45) is 4.99. The second-order valence-electron chi connectivity index (χ2n) is 3.18. The average molecular weight is 210 g/mol. The Morgan fingerprint density at radius 3 is 3.06 bits per heavy atom. The number of aromatic amines is 1. The molecule has 0 spiro atoms. The summed E-state index contributed by atoms with van der Waals surface area (Å²) in [4.78, 5) is 11.4. The topological polar surface area (TPSA) is 83.2 Å². The first-order chi connectivity index (χ1) is 7.88. The number of imidazole rings is 1. The molecule has 0 radical (unpaired) electrons. The smallest absolute Gasteiger partial charge is 0.230 e. The molecule has 3 aromatic heterocycles. The first-order valence-corrected chi connectivity index (χ1v) is 4.63. The Morgan fingerprint density at radius 2 is 2.31 bits per heavy atom. The van der Waals surface area contributed by atoms with Gasteiger partial charge in [-0.1, -0.05) is 0 Å². The molecule has 6 nitrogen and oxygen atoms in total. The zero-order chi connectivity index (χ0) is 11.0. The third kappa shape index (κ3) is 1.15. The average Bonchev–Trinajstić information content (AvgIpc) is 2.96. The molecule has 0 saturated heterocycles. The molecule has 0 aromatic carbocycles. The maximum absolute atomic E-state index is 8.93. The van der Waals surface area contributed by atoms with E-state index < -0.39 is 0 Å². The third-order valence-corrected chi connectivity index (χ3v) is 2.22. The van der Waals surface area contributed by atoms with Crippen LogP contribution in [0.4, 0.5) is 0 Å². The van der Waals surface area contributed by atoms with Gasteiger partial charge in [0.25, 0.3) is 0 Å². The predicted molar refractivity (Wildman–Crippen MR) is 55.7 cm³/mol. The van der Waals surface area contributed by atoms with E-state index in [0.717, 1.165) is 0 Å². The molecule has 0 aliphatic rings. The SMILES string of the molecule is N#Cc1ccnc2nc(-n3cccn3)[nH]c12. The van der Waals surface area contributed by atoms with Crippen molar-refractivity contribution in [3.63, 3.8) is 0 Å². The molecule has 1 N–H and O–H groups in total. The Morgan fingerprint density at radius 1 is 1.38 bits per heavy atom. The van der Waals surface area contributed by atoms with Gasteiger partial charge in [0.15, 0.2) is 5.65 Å². The van der Waals surface area contributed by atoms with Crippen molar-refractivity contribution in [3.8, 4) is 12.0 Å². The molecule has 6 heteroatoms. The molecule has 0 bridgehead atoms. The van der Waals surface area contributed by atoms with Gasteiger partial charge < -0.3 is 4.98 Å². The maximum Gasteiger partial charge on any atom is 0.230 e. The van der Waals surface area contributed by atoms with Gasteiger partial charge >= 0.3 is 0 Å². The second kappa shape index (κ2) is 3.17. The van der Waals surface area contributed by atoms with Crippen molar-refractivity contribution in [2.75, 3.05) is 0 Å². The number of nitriles is 1. The number of hydrogen-bond donors (Lipinski definition) is 1. The summed E-state index contributed by atoms with van der Waals surface area (Å²) in [7, 11) is 0. The Balaban J connectivity index is 2.28. The highest BCUT2D eigenvalue weighted by Gasteiger charge is 2.08. The standard InChI is InChI=1S/C10H6N6/c11-6-7-2-4-12-9-8(7)14-10(15-9)16-5-1-3-13-16/h1-5H,(H,12,14,15). The number of pyridine rings is 1. The summed E-state index contributed by atoms with van der Waals surface area (Å²) < 4.78 is 1.59. The lowest BCUT2D eigenvalue weighted by Crippen LogP contribution is -1.95. The first kappa shape index (κ1) is 8.61. The zero-order valence-corrected chi connectivity index (χ0v) is 8.12. The zero-order valence-electron chi connectivity index (χ0n) is 8.12. The summed E-state index contributed by atoms with van der Waals surface area (Å²) >= 11 is 0. The van der Waals surface area contributed by atoms with E-state index in [4.69, 9.17) is 5.26 Å².